The fraction of sp³-hybridized carbons (Fsp3) is 0.790. The van der Waals surface area contributed by atoms with Crippen molar-refractivity contribution in [1.29, 1.82) is 0 Å². The van der Waals surface area contributed by atoms with Crippen LogP contribution in [-0.2, 0) is 67.0 Å². The zero-order valence-electron chi connectivity index (χ0n) is 55.5. The van der Waals surface area contributed by atoms with Gasteiger partial charge in [-0.1, -0.05) is 0 Å². The molecule has 0 aromatic rings. The summed E-state index contributed by atoms with van der Waals surface area (Å²) in [6.07, 6.45) is 16.5. The van der Waals surface area contributed by atoms with Gasteiger partial charge in [0, 0.05) is 89.8 Å². The highest BCUT2D eigenvalue weighted by atomic mass is 16.5. The van der Waals surface area contributed by atoms with Gasteiger partial charge < -0.3 is 101 Å². The second kappa shape index (κ2) is 46.9. The number of alkyl carbamates (subject to hydrolysis) is 1. The van der Waals surface area contributed by atoms with Crippen LogP contribution in [0.25, 0.3) is 0 Å². The Morgan fingerprint density at radius 3 is 0.957 bits per heavy atom. The maximum Gasteiger partial charge on any atom is 0.406 e. The summed E-state index contributed by atoms with van der Waals surface area (Å²) in [5.74, 6) is -4.85. The molecule has 12 amide bonds. The predicted octanol–water partition coefficient (Wildman–Crippen LogP) is -3.05. The molecule has 4 fully saturated rings. The fourth-order valence-corrected chi connectivity index (χ4v) is 10.0. The third kappa shape index (κ3) is 39.5. The van der Waals surface area contributed by atoms with E-state index < -0.39 is 59.7 Å². The van der Waals surface area contributed by atoms with Gasteiger partial charge >= 0.3 is 6.09 Å². The summed E-state index contributed by atoms with van der Waals surface area (Å²) >= 11 is 0. The van der Waals surface area contributed by atoms with E-state index in [1.165, 1.54) is 19.1 Å². The molecule has 0 aliphatic heterocycles. The van der Waals surface area contributed by atoms with Crippen LogP contribution in [-0.4, -0.2) is 227 Å². The van der Waals surface area contributed by atoms with Crippen molar-refractivity contribution < 1.29 is 71.8 Å². The topological polar surface area (TPSA) is 497 Å². The maximum absolute atomic E-state index is 13.4. The smallest absolute Gasteiger partial charge is 0.406 e. The molecule has 0 aromatic heterocycles. The van der Waals surface area contributed by atoms with E-state index in [2.05, 4.69) is 57.9 Å². The first-order chi connectivity index (χ1) is 45.0. The number of primary amides is 4. The van der Waals surface area contributed by atoms with Crippen LogP contribution in [0.1, 0.15) is 173 Å². The number of nitrogens with zero attached hydrogens (tertiary/aromatic N) is 2. The summed E-state index contributed by atoms with van der Waals surface area (Å²) in [6, 6.07) is -0.980. The lowest BCUT2D eigenvalue weighted by Crippen LogP contribution is -2.46. The van der Waals surface area contributed by atoms with Crippen molar-refractivity contribution in [2.24, 2.45) is 28.7 Å². The number of ether oxygens (including phenoxy) is 2. The zero-order chi connectivity index (χ0) is 69.2. The van der Waals surface area contributed by atoms with Crippen molar-refractivity contribution in [3.63, 3.8) is 0 Å². The van der Waals surface area contributed by atoms with Crippen molar-refractivity contribution in [2.45, 2.75) is 228 Å². The van der Waals surface area contributed by atoms with Crippen LogP contribution >= 0.6 is 0 Å². The number of hydrogen-bond donors (Lipinski definition) is 15. The van der Waals surface area contributed by atoms with Gasteiger partial charge in [0.05, 0.1) is 37.3 Å². The van der Waals surface area contributed by atoms with Gasteiger partial charge in [-0.05, 0) is 154 Å². The van der Waals surface area contributed by atoms with Crippen molar-refractivity contribution in [1.82, 2.24) is 63.0 Å². The summed E-state index contributed by atoms with van der Waals surface area (Å²) in [7, 11) is 2.61. The Hall–Kier alpha value is -7.13. The first-order valence-corrected chi connectivity index (χ1v) is 33.7. The molecule has 32 nitrogen and oxygen atoms in total. The molecule has 0 bridgehead atoms. The third-order valence-corrected chi connectivity index (χ3v) is 16.0. The molecular formula is C62H111N17O15. The lowest BCUT2D eigenvalue weighted by Gasteiger charge is -2.22. The first kappa shape index (κ1) is 81.1. The number of carbonyl (C=O) groups is 13. The van der Waals surface area contributed by atoms with Crippen LogP contribution in [0.4, 0.5) is 4.79 Å². The molecule has 4 rings (SSSR count). The fourth-order valence-electron chi connectivity index (χ4n) is 10.0. The lowest BCUT2D eigenvalue weighted by molar-refractivity contribution is -0.139. The highest BCUT2D eigenvalue weighted by molar-refractivity contribution is 5.92. The number of carbonyl (C=O) groups excluding carboxylic acids is 13. The summed E-state index contributed by atoms with van der Waals surface area (Å²) in [5.41, 5.74) is 27.4. The van der Waals surface area contributed by atoms with E-state index in [9.17, 15) is 62.3 Å². The molecule has 534 valence electrons. The van der Waals surface area contributed by atoms with Crippen LogP contribution in [0.3, 0.4) is 0 Å². The van der Waals surface area contributed by atoms with Gasteiger partial charge in [-0.25, -0.2) is 4.79 Å². The molecule has 0 saturated heterocycles. The summed E-state index contributed by atoms with van der Waals surface area (Å²) in [5, 5.41) is 29.2. The Morgan fingerprint density at radius 1 is 0.383 bits per heavy atom. The Balaban J connectivity index is 0.000000527. The van der Waals surface area contributed by atoms with Gasteiger partial charge in [-0.3, -0.25) is 57.5 Å². The van der Waals surface area contributed by atoms with Crippen LogP contribution in [0.5, 0.6) is 0 Å². The van der Waals surface area contributed by atoms with Crippen molar-refractivity contribution >= 4 is 76.9 Å². The van der Waals surface area contributed by atoms with E-state index in [1.54, 1.807) is 0 Å². The van der Waals surface area contributed by atoms with E-state index in [0.717, 1.165) is 56.3 Å². The van der Waals surface area contributed by atoms with Crippen molar-refractivity contribution in [3.8, 4) is 0 Å². The molecule has 0 spiro atoms. The normalized spacial score (nSPS) is 15.6. The molecule has 20 N–H and O–H groups in total. The van der Waals surface area contributed by atoms with Crippen LogP contribution in [0, 0.1) is 0 Å². The van der Waals surface area contributed by atoms with Gasteiger partial charge in [-0.2, -0.15) is 0 Å². The monoisotopic (exact) mass is 1330 g/mol. The molecule has 0 heterocycles. The van der Waals surface area contributed by atoms with Crippen LogP contribution in [0.15, 0.2) is 0 Å². The van der Waals surface area contributed by atoms with Gasteiger partial charge in [-0.15, -0.1) is 0 Å². The number of Topliss-reactive ketones (excluding diaryl/α,β-unsaturated/α-hetero) is 1. The molecule has 5 atom stereocenters. The Kier molecular flexibility index (Phi) is 40.4. The summed E-state index contributed by atoms with van der Waals surface area (Å²) < 4.78 is 9.41. The van der Waals surface area contributed by atoms with Crippen molar-refractivity contribution in [3.05, 3.63) is 0 Å². The van der Waals surface area contributed by atoms with E-state index >= 15 is 0 Å². The van der Waals surface area contributed by atoms with Gasteiger partial charge in [0.25, 0.3) is 0 Å². The van der Waals surface area contributed by atoms with Gasteiger partial charge in [0.1, 0.15) is 32.8 Å². The average Bonchev–Trinajstić information content (AvgIpc) is 3.94. The standard InChI is InChI=1S/C37H65N9O10.C25H46N8O5/c1-55-24-33(50)45-27(10-3-8-21-42-37(54)56-2)30(47)13-9-14-34(51)46(22-31(48)40-19-6-4-11-28(35(38)52)43-25-15-16-25)23-32(49)41-20-7-5-12-29(36(39)53)44-26-17-18-26;26-12-11-23(36)33(15-21(34)29-13-3-1-5-19(24(27)37)31-17-7-8-17)16-22(35)30-14-4-2-6-20(25(28)38)32-18-9-10-18/h25-29,43-44H,3-24H2,1-2H3,(H2,38,52)(H2,39,53)(H,40,48)(H,41,49)(H,42,54)(H,45,50);17-20,31-32H,1-16,26H2,(H2,27,37)(H2,28,38)(H,29,34)(H,30,35)/t27-,28?,29?;/m0./s1. The average molecular weight is 1330 g/mol. The quantitative estimate of drug-likeness (QED) is 0.0269. The molecule has 0 aromatic carbocycles. The number of methoxy groups -OCH3 is 2. The second-order valence-corrected chi connectivity index (χ2v) is 24.8. The first-order valence-electron chi connectivity index (χ1n) is 33.7. The lowest BCUT2D eigenvalue weighted by atomic mass is 10.0. The highest BCUT2D eigenvalue weighted by Crippen LogP contribution is 2.23. The SMILES string of the molecule is COCC(=O)N[C@@H](CCCCNC(=O)OC)C(=O)CCCC(=O)N(CC(=O)NCCCCC(NC1CC1)C(N)=O)CC(=O)NCCCCC(NC1CC1)C(N)=O.NCCC(=O)N(CC(=O)NCCCCC(NC1CC1)C(N)=O)CC(=O)NCCCCC(NC1CC1)C(N)=O. The Labute approximate surface area is 552 Å². The van der Waals surface area contributed by atoms with Crippen molar-refractivity contribution in [2.75, 3.05) is 86.3 Å². The molecule has 4 saturated carbocycles. The second-order valence-electron chi connectivity index (χ2n) is 24.8. The minimum absolute atomic E-state index is 0.0333. The molecule has 94 heavy (non-hydrogen) atoms. The Bertz CT molecular complexity index is 2300. The zero-order valence-corrected chi connectivity index (χ0v) is 55.5. The van der Waals surface area contributed by atoms with Gasteiger partial charge in [0.2, 0.25) is 65.0 Å². The number of amides is 12. The molecule has 4 unspecified atom stereocenters. The van der Waals surface area contributed by atoms with E-state index in [1.807, 2.05) is 0 Å². The van der Waals surface area contributed by atoms with E-state index in [0.29, 0.717) is 153 Å². The third-order valence-electron chi connectivity index (χ3n) is 16.0. The van der Waals surface area contributed by atoms with Crippen LogP contribution in [0.2, 0.25) is 0 Å². The van der Waals surface area contributed by atoms with E-state index in [-0.39, 0.29) is 112 Å². The summed E-state index contributed by atoms with van der Waals surface area (Å²) in [4.78, 5) is 162. The molecule has 4 aliphatic rings. The van der Waals surface area contributed by atoms with Gasteiger partial charge in [0.15, 0.2) is 5.78 Å². The molecule has 32 heteroatoms. The predicted molar refractivity (Wildman–Crippen MR) is 348 cm³/mol. The van der Waals surface area contributed by atoms with E-state index in [4.69, 9.17) is 33.4 Å². The summed E-state index contributed by atoms with van der Waals surface area (Å²) in [6.45, 7) is 0.339. The molecular weight excluding hydrogens is 1220 g/mol. The maximum atomic E-state index is 13.4. The minimum atomic E-state index is -0.830. The number of ketones is 1. The number of rotatable bonds is 55. The molecule has 4 aliphatic carbocycles. The number of unbranched alkanes of at least 4 members (excludes halogenated alkanes) is 5. The van der Waals surface area contributed by atoms with Crippen LogP contribution < -0.4 is 81.8 Å². The largest absolute Gasteiger partial charge is 0.453 e. The number of nitrogens with one attached hydrogen (secondary N) is 10. The number of nitrogens with two attached hydrogens (primary N) is 5. The Morgan fingerprint density at radius 2 is 0.681 bits per heavy atom. The highest BCUT2D eigenvalue weighted by Gasteiger charge is 2.31. The number of hydrogen-bond acceptors (Lipinski definition) is 20. The molecule has 0 radical (unpaired) electrons. The minimum Gasteiger partial charge on any atom is -0.453 e.